The number of amides is 2. The number of hydrogen-bond acceptors (Lipinski definition) is 6. The van der Waals surface area contributed by atoms with Crippen molar-refractivity contribution < 1.29 is 14.3 Å². The van der Waals surface area contributed by atoms with Crippen LogP contribution < -0.4 is 11.5 Å². The fraction of sp³-hybridized carbons (Fsp3) is 0.500. The fourth-order valence-corrected chi connectivity index (χ4v) is 2.62. The average Bonchev–Trinajstić information content (AvgIpc) is 2.67. The van der Waals surface area contributed by atoms with Crippen LogP contribution in [0.1, 0.15) is 15.4 Å². The first-order valence-corrected chi connectivity index (χ1v) is 6.23. The first-order valence-electron chi connectivity index (χ1n) is 5.41. The molecule has 4 N–H and O–H groups in total. The molecule has 1 aliphatic rings. The van der Waals surface area contributed by atoms with E-state index in [2.05, 4.69) is 4.98 Å². The molecule has 2 amide bonds. The van der Waals surface area contributed by atoms with E-state index in [1.54, 1.807) is 6.92 Å². The minimum Gasteiger partial charge on any atom is -0.377 e. The number of thiazole rings is 1. The van der Waals surface area contributed by atoms with Crippen molar-refractivity contribution in [2.24, 2.45) is 5.73 Å². The first kappa shape index (κ1) is 12.8. The minimum atomic E-state index is -0.728. The van der Waals surface area contributed by atoms with Gasteiger partial charge >= 0.3 is 0 Å². The molecule has 0 radical (unpaired) electrons. The molecule has 1 aromatic heterocycles. The molecule has 18 heavy (non-hydrogen) atoms. The zero-order chi connectivity index (χ0) is 13.3. The highest BCUT2D eigenvalue weighted by Crippen LogP contribution is 2.23. The maximum absolute atomic E-state index is 12.3. The second kappa shape index (κ2) is 4.91. The number of anilines is 1. The number of carbonyl (C=O) groups excluding carboxylic acids is 2. The van der Waals surface area contributed by atoms with Crippen LogP contribution in [-0.4, -0.2) is 47.5 Å². The number of ether oxygens (including phenoxy) is 1. The summed E-state index contributed by atoms with van der Waals surface area (Å²) in [5.74, 6) is -0.841. The van der Waals surface area contributed by atoms with E-state index in [1.807, 2.05) is 0 Å². The molecule has 1 saturated heterocycles. The molecule has 1 atom stereocenters. The first-order chi connectivity index (χ1) is 8.50. The quantitative estimate of drug-likeness (QED) is 0.742. The summed E-state index contributed by atoms with van der Waals surface area (Å²) in [6.45, 7) is 2.57. The van der Waals surface area contributed by atoms with Crippen LogP contribution >= 0.6 is 11.3 Å². The lowest BCUT2D eigenvalue weighted by atomic mass is 10.2. The van der Waals surface area contributed by atoms with E-state index in [-0.39, 0.29) is 12.5 Å². The van der Waals surface area contributed by atoms with Gasteiger partial charge in [-0.05, 0) is 6.92 Å². The molecular formula is C10H14N4O3S. The number of primary amides is 1. The molecule has 1 aliphatic heterocycles. The zero-order valence-corrected chi connectivity index (χ0v) is 10.7. The number of rotatable bonds is 2. The fourth-order valence-electron chi connectivity index (χ4n) is 1.83. The normalized spacial score (nSPS) is 19.8. The molecule has 1 fully saturated rings. The summed E-state index contributed by atoms with van der Waals surface area (Å²) >= 11 is 1.11. The van der Waals surface area contributed by atoms with Crippen LogP contribution in [0.2, 0.25) is 0 Å². The van der Waals surface area contributed by atoms with Crippen molar-refractivity contribution in [1.29, 1.82) is 0 Å². The van der Waals surface area contributed by atoms with Crippen molar-refractivity contribution in [3.8, 4) is 0 Å². The number of aromatic nitrogens is 1. The second-order valence-corrected chi connectivity index (χ2v) is 4.99. The van der Waals surface area contributed by atoms with Crippen LogP contribution in [0, 0.1) is 6.92 Å². The predicted molar refractivity (Wildman–Crippen MR) is 66.1 cm³/mol. The maximum atomic E-state index is 12.3. The van der Waals surface area contributed by atoms with Crippen LogP contribution in [0.4, 0.5) is 5.13 Å². The monoisotopic (exact) mass is 270 g/mol. The molecule has 2 heterocycles. The molecule has 0 saturated carbocycles. The van der Waals surface area contributed by atoms with Crippen LogP contribution in [0.15, 0.2) is 0 Å². The maximum Gasteiger partial charge on any atom is 0.266 e. The van der Waals surface area contributed by atoms with Crippen LogP contribution in [-0.2, 0) is 9.53 Å². The highest BCUT2D eigenvalue weighted by Gasteiger charge is 2.33. The van der Waals surface area contributed by atoms with Gasteiger partial charge in [0.2, 0.25) is 5.91 Å². The van der Waals surface area contributed by atoms with Gasteiger partial charge in [0.1, 0.15) is 10.9 Å². The van der Waals surface area contributed by atoms with Crippen LogP contribution in [0.5, 0.6) is 0 Å². The van der Waals surface area contributed by atoms with Crippen molar-refractivity contribution in [1.82, 2.24) is 9.88 Å². The Morgan fingerprint density at radius 1 is 1.56 bits per heavy atom. The number of nitrogens with zero attached hydrogens (tertiary/aromatic N) is 2. The summed E-state index contributed by atoms with van der Waals surface area (Å²) < 4.78 is 5.16. The third kappa shape index (κ3) is 2.29. The van der Waals surface area contributed by atoms with Gasteiger partial charge in [-0.1, -0.05) is 11.3 Å². The lowest BCUT2D eigenvalue weighted by Gasteiger charge is -2.33. The van der Waals surface area contributed by atoms with E-state index in [0.29, 0.717) is 28.9 Å². The van der Waals surface area contributed by atoms with E-state index in [9.17, 15) is 9.59 Å². The molecule has 8 heteroatoms. The standard InChI is InChI=1S/C10H14N4O3S/c1-5-7(18-10(12)13-5)9(16)14-2-3-17-4-6(14)8(11)15/h6H,2-4H2,1H3,(H2,11,15)(H2,12,13). The van der Waals surface area contributed by atoms with E-state index >= 15 is 0 Å². The Labute approximate surface area is 108 Å². The summed E-state index contributed by atoms with van der Waals surface area (Å²) in [6, 6.07) is -0.728. The van der Waals surface area contributed by atoms with Gasteiger partial charge in [-0.25, -0.2) is 4.98 Å². The molecule has 0 aromatic carbocycles. The second-order valence-electron chi connectivity index (χ2n) is 3.96. The molecule has 2 rings (SSSR count). The van der Waals surface area contributed by atoms with Crippen LogP contribution in [0.3, 0.4) is 0 Å². The number of hydrogen-bond donors (Lipinski definition) is 2. The van der Waals surface area contributed by atoms with E-state index < -0.39 is 11.9 Å². The van der Waals surface area contributed by atoms with Crippen molar-refractivity contribution in [2.45, 2.75) is 13.0 Å². The molecule has 0 aliphatic carbocycles. The van der Waals surface area contributed by atoms with Crippen molar-refractivity contribution in [3.05, 3.63) is 10.6 Å². The van der Waals surface area contributed by atoms with Gasteiger partial charge in [-0.3, -0.25) is 9.59 Å². The third-order valence-corrected chi connectivity index (χ3v) is 3.70. The highest BCUT2D eigenvalue weighted by molar-refractivity contribution is 7.17. The van der Waals surface area contributed by atoms with Gasteiger partial charge in [0, 0.05) is 6.54 Å². The molecule has 7 nitrogen and oxygen atoms in total. The molecule has 1 unspecified atom stereocenters. The molecule has 1 aromatic rings. The molecule has 98 valence electrons. The Bertz CT molecular complexity index is 487. The van der Waals surface area contributed by atoms with Gasteiger partial charge in [-0.2, -0.15) is 0 Å². The average molecular weight is 270 g/mol. The molecular weight excluding hydrogens is 256 g/mol. The highest BCUT2D eigenvalue weighted by atomic mass is 32.1. The van der Waals surface area contributed by atoms with Gasteiger partial charge in [0.25, 0.3) is 5.91 Å². The number of nitrogen functional groups attached to an aromatic ring is 1. The van der Waals surface area contributed by atoms with Gasteiger partial charge in [0.15, 0.2) is 5.13 Å². The summed E-state index contributed by atoms with van der Waals surface area (Å²) in [6.07, 6.45) is 0. The number of nitrogens with two attached hydrogens (primary N) is 2. The Morgan fingerprint density at radius 3 is 2.83 bits per heavy atom. The summed E-state index contributed by atoms with van der Waals surface area (Å²) in [4.78, 5) is 29.5. The lowest BCUT2D eigenvalue weighted by molar-refractivity contribution is -0.127. The Balaban J connectivity index is 2.26. The van der Waals surface area contributed by atoms with Gasteiger partial charge < -0.3 is 21.1 Å². The third-order valence-electron chi connectivity index (χ3n) is 2.73. The van der Waals surface area contributed by atoms with Crippen molar-refractivity contribution >= 4 is 28.3 Å². The smallest absolute Gasteiger partial charge is 0.266 e. The number of morpholine rings is 1. The zero-order valence-electron chi connectivity index (χ0n) is 9.88. The van der Waals surface area contributed by atoms with Crippen molar-refractivity contribution in [3.63, 3.8) is 0 Å². The van der Waals surface area contributed by atoms with E-state index in [0.717, 1.165) is 11.3 Å². The summed E-state index contributed by atoms with van der Waals surface area (Å²) in [5.41, 5.74) is 11.4. The largest absolute Gasteiger partial charge is 0.377 e. The predicted octanol–water partition coefficient (Wildman–Crippen LogP) is -0.640. The van der Waals surface area contributed by atoms with Crippen molar-refractivity contribution in [2.75, 3.05) is 25.5 Å². The summed E-state index contributed by atoms with van der Waals surface area (Å²) in [5, 5.41) is 0.333. The van der Waals surface area contributed by atoms with E-state index in [4.69, 9.17) is 16.2 Å². The minimum absolute atomic E-state index is 0.133. The lowest BCUT2D eigenvalue weighted by Crippen LogP contribution is -2.54. The SMILES string of the molecule is Cc1nc(N)sc1C(=O)N1CCOCC1C(N)=O. The number of aryl methyl sites for hydroxylation is 1. The van der Waals surface area contributed by atoms with Gasteiger partial charge in [-0.15, -0.1) is 0 Å². The van der Waals surface area contributed by atoms with Gasteiger partial charge in [0.05, 0.1) is 18.9 Å². The van der Waals surface area contributed by atoms with E-state index in [1.165, 1.54) is 4.90 Å². The Kier molecular flexibility index (Phi) is 3.48. The molecule has 0 spiro atoms. The van der Waals surface area contributed by atoms with Crippen LogP contribution in [0.25, 0.3) is 0 Å². The Hall–Kier alpha value is -1.67. The Morgan fingerprint density at radius 2 is 2.28 bits per heavy atom. The number of carbonyl (C=O) groups is 2. The summed E-state index contributed by atoms with van der Waals surface area (Å²) in [7, 11) is 0. The molecule has 0 bridgehead atoms. The topological polar surface area (TPSA) is 112 Å².